The normalized spacial score (nSPS) is 19.3. The molecule has 2 heterocycles. The first kappa shape index (κ1) is 17.4. The Labute approximate surface area is 147 Å². The Morgan fingerprint density at radius 1 is 1.29 bits per heavy atom. The predicted octanol–water partition coefficient (Wildman–Crippen LogP) is 3.63. The molecule has 130 valence electrons. The Bertz CT molecular complexity index is 784. The molecule has 0 radical (unpaired) electrons. The van der Waals surface area contributed by atoms with Crippen LogP contribution in [0.1, 0.15) is 36.6 Å². The number of hydrogen-bond acceptors (Lipinski definition) is 5. The number of aryl methyl sites for hydroxylation is 1. The second-order valence-electron chi connectivity index (χ2n) is 6.37. The van der Waals surface area contributed by atoms with Gasteiger partial charge < -0.3 is 0 Å². The number of sulfonamides is 1. The Kier molecular flexibility index (Phi) is 5.22. The molecule has 0 amide bonds. The summed E-state index contributed by atoms with van der Waals surface area (Å²) >= 11 is 1.41. The molecule has 1 unspecified atom stereocenters. The number of hydrogen-bond donors (Lipinski definition) is 1. The highest BCUT2D eigenvalue weighted by Gasteiger charge is 2.20. The Balaban J connectivity index is 1.68. The van der Waals surface area contributed by atoms with Gasteiger partial charge in [0.1, 0.15) is 0 Å². The summed E-state index contributed by atoms with van der Waals surface area (Å²) in [5.41, 5.74) is 1.03. The average molecular weight is 366 g/mol. The van der Waals surface area contributed by atoms with E-state index in [9.17, 15) is 8.42 Å². The Morgan fingerprint density at radius 3 is 2.75 bits per heavy atom. The van der Waals surface area contributed by atoms with E-state index >= 15 is 0 Å². The van der Waals surface area contributed by atoms with Gasteiger partial charge in [-0.15, -0.1) is 0 Å². The molecule has 3 rings (SSSR count). The molecule has 2 aromatic rings. The quantitative estimate of drug-likeness (QED) is 0.879. The van der Waals surface area contributed by atoms with Crippen LogP contribution in [0.3, 0.4) is 0 Å². The number of likely N-dealkylation sites (tertiary alicyclic amines) is 1. The lowest BCUT2D eigenvalue weighted by molar-refractivity contribution is 0.154. The van der Waals surface area contributed by atoms with Crippen LogP contribution in [-0.4, -0.2) is 30.9 Å². The molecule has 1 aromatic heterocycles. The van der Waals surface area contributed by atoms with Crippen molar-refractivity contribution in [1.29, 1.82) is 0 Å². The topological polar surface area (TPSA) is 62.3 Å². The van der Waals surface area contributed by atoms with E-state index in [0.717, 1.165) is 23.5 Å². The Hall–Kier alpha value is -1.44. The van der Waals surface area contributed by atoms with E-state index in [-0.39, 0.29) is 4.90 Å². The van der Waals surface area contributed by atoms with Crippen molar-refractivity contribution in [2.45, 2.75) is 50.6 Å². The van der Waals surface area contributed by atoms with Crippen molar-refractivity contribution in [2.75, 3.05) is 11.3 Å². The van der Waals surface area contributed by atoms with E-state index in [1.807, 2.05) is 6.92 Å². The highest BCUT2D eigenvalue weighted by Crippen LogP contribution is 2.25. The number of nitrogens with zero attached hydrogens (tertiary/aromatic N) is 2. The van der Waals surface area contributed by atoms with Crippen molar-refractivity contribution in [3.8, 4) is 0 Å². The zero-order chi connectivity index (χ0) is 17.2. The van der Waals surface area contributed by atoms with Gasteiger partial charge in [0.25, 0.3) is 10.0 Å². The van der Waals surface area contributed by atoms with Crippen molar-refractivity contribution in [1.82, 2.24) is 9.88 Å². The minimum absolute atomic E-state index is 0.259. The fourth-order valence-electron chi connectivity index (χ4n) is 2.91. The van der Waals surface area contributed by atoms with E-state index < -0.39 is 10.0 Å². The third kappa shape index (κ3) is 4.15. The first-order chi connectivity index (χ1) is 11.4. The second kappa shape index (κ2) is 7.21. The summed E-state index contributed by atoms with van der Waals surface area (Å²) in [4.78, 5) is 8.02. The summed E-state index contributed by atoms with van der Waals surface area (Å²) in [5.74, 6) is 0. The number of nitrogens with one attached hydrogen (secondary N) is 1. The molecule has 0 bridgehead atoms. The number of rotatable bonds is 5. The van der Waals surface area contributed by atoms with Crippen LogP contribution < -0.4 is 4.72 Å². The van der Waals surface area contributed by atoms with Crippen molar-refractivity contribution in [3.05, 3.63) is 40.9 Å². The van der Waals surface area contributed by atoms with Crippen LogP contribution in [-0.2, 0) is 16.6 Å². The maximum Gasteiger partial charge on any atom is 0.263 e. The maximum atomic E-state index is 12.4. The summed E-state index contributed by atoms with van der Waals surface area (Å²) in [7, 11) is -3.58. The molecule has 7 heteroatoms. The molecule has 24 heavy (non-hydrogen) atoms. The standard InChI is InChI=1S/C17H23N3O2S2/c1-13-6-8-16(9-7-13)24(21,22)19-17-18-11-15(23-17)12-20-10-4-3-5-14(20)2/h6-9,11,14H,3-5,10,12H2,1-2H3,(H,18,19). The lowest BCUT2D eigenvalue weighted by atomic mass is 10.0. The summed E-state index contributed by atoms with van der Waals surface area (Å²) in [6.07, 6.45) is 5.53. The van der Waals surface area contributed by atoms with Crippen LogP contribution in [0, 0.1) is 6.92 Å². The van der Waals surface area contributed by atoms with Gasteiger partial charge in [-0.25, -0.2) is 13.4 Å². The lowest BCUT2D eigenvalue weighted by Crippen LogP contribution is -2.36. The SMILES string of the molecule is Cc1ccc(S(=O)(=O)Nc2ncc(CN3CCCCC3C)s2)cc1. The molecule has 1 saturated heterocycles. The van der Waals surface area contributed by atoms with Crippen molar-refractivity contribution in [3.63, 3.8) is 0 Å². The van der Waals surface area contributed by atoms with Crippen LogP contribution in [0.2, 0.25) is 0 Å². The highest BCUT2D eigenvalue weighted by atomic mass is 32.2. The molecule has 1 N–H and O–H groups in total. The van der Waals surface area contributed by atoms with Crippen LogP contribution >= 0.6 is 11.3 Å². The first-order valence-corrected chi connectivity index (χ1v) is 10.5. The molecule has 1 atom stereocenters. The lowest BCUT2D eigenvalue weighted by Gasteiger charge is -2.32. The molecule has 0 spiro atoms. The zero-order valence-corrected chi connectivity index (χ0v) is 15.7. The molecular formula is C17H23N3O2S2. The van der Waals surface area contributed by atoms with Gasteiger partial charge in [0, 0.05) is 23.7 Å². The second-order valence-corrected chi connectivity index (χ2v) is 9.16. The molecular weight excluding hydrogens is 342 g/mol. The van der Waals surface area contributed by atoms with Crippen molar-refractivity contribution in [2.24, 2.45) is 0 Å². The van der Waals surface area contributed by atoms with Gasteiger partial charge in [-0.2, -0.15) is 0 Å². The van der Waals surface area contributed by atoms with Gasteiger partial charge in [0.2, 0.25) is 0 Å². The summed E-state index contributed by atoms with van der Waals surface area (Å²) in [5, 5.41) is 0.426. The third-order valence-electron chi connectivity index (χ3n) is 4.41. The molecule has 5 nitrogen and oxygen atoms in total. The van der Waals surface area contributed by atoms with Crippen LogP contribution in [0.4, 0.5) is 5.13 Å². The minimum atomic E-state index is -3.58. The molecule has 0 aliphatic carbocycles. The van der Waals surface area contributed by atoms with Gasteiger partial charge in [-0.05, 0) is 45.4 Å². The van der Waals surface area contributed by atoms with Crippen LogP contribution in [0.15, 0.2) is 35.4 Å². The van der Waals surface area contributed by atoms with Crippen LogP contribution in [0.5, 0.6) is 0 Å². The highest BCUT2D eigenvalue weighted by molar-refractivity contribution is 7.93. The van der Waals surface area contributed by atoms with Gasteiger partial charge in [-0.3, -0.25) is 9.62 Å². The molecule has 1 aliphatic heterocycles. The largest absolute Gasteiger partial charge is 0.296 e. The van der Waals surface area contributed by atoms with Crippen LogP contribution in [0.25, 0.3) is 0 Å². The van der Waals surface area contributed by atoms with E-state index in [0.29, 0.717) is 11.2 Å². The Morgan fingerprint density at radius 2 is 2.04 bits per heavy atom. The summed E-state index contributed by atoms with van der Waals surface area (Å²) in [6.45, 7) is 6.12. The smallest absolute Gasteiger partial charge is 0.263 e. The molecule has 0 saturated carbocycles. The monoisotopic (exact) mass is 365 g/mol. The number of thiazole rings is 1. The van der Waals surface area contributed by atoms with Gasteiger partial charge in [-0.1, -0.05) is 35.5 Å². The summed E-state index contributed by atoms with van der Waals surface area (Å²) < 4.78 is 27.4. The van der Waals surface area contributed by atoms with E-state index in [1.165, 1.54) is 30.6 Å². The zero-order valence-electron chi connectivity index (χ0n) is 14.0. The molecule has 1 fully saturated rings. The third-order valence-corrected chi connectivity index (χ3v) is 6.79. The number of anilines is 1. The predicted molar refractivity (Wildman–Crippen MR) is 97.8 cm³/mol. The molecule has 1 aliphatic rings. The fraction of sp³-hybridized carbons (Fsp3) is 0.471. The van der Waals surface area contributed by atoms with E-state index in [2.05, 4.69) is 21.5 Å². The van der Waals surface area contributed by atoms with Crippen molar-refractivity contribution < 1.29 is 8.42 Å². The molecule has 1 aromatic carbocycles. The fourth-order valence-corrected chi connectivity index (χ4v) is 4.99. The van der Waals surface area contributed by atoms with Crippen molar-refractivity contribution >= 4 is 26.5 Å². The maximum absolute atomic E-state index is 12.4. The average Bonchev–Trinajstić information content (AvgIpc) is 2.96. The van der Waals surface area contributed by atoms with Gasteiger partial charge >= 0.3 is 0 Å². The van der Waals surface area contributed by atoms with E-state index in [1.54, 1.807) is 30.5 Å². The number of piperidine rings is 1. The minimum Gasteiger partial charge on any atom is -0.296 e. The number of benzene rings is 1. The number of aromatic nitrogens is 1. The first-order valence-electron chi connectivity index (χ1n) is 8.22. The van der Waals surface area contributed by atoms with E-state index in [4.69, 9.17) is 0 Å². The van der Waals surface area contributed by atoms with Gasteiger partial charge in [0.15, 0.2) is 5.13 Å². The van der Waals surface area contributed by atoms with Gasteiger partial charge in [0.05, 0.1) is 4.90 Å². The summed E-state index contributed by atoms with van der Waals surface area (Å²) in [6, 6.07) is 7.39.